The molecular weight excluding hydrogens is 214 g/mol. The van der Waals surface area contributed by atoms with Gasteiger partial charge in [0.2, 0.25) is 0 Å². The first-order valence-corrected chi connectivity index (χ1v) is 5.84. The number of nitrogens with zero attached hydrogens (tertiary/aromatic N) is 1. The molecule has 1 saturated carbocycles. The van der Waals surface area contributed by atoms with Crippen molar-refractivity contribution in [2.45, 2.75) is 37.6 Å². The highest BCUT2D eigenvalue weighted by Gasteiger charge is 2.38. The summed E-state index contributed by atoms with van der Waals surface area (Å²) in [6.45, 7) is 0.424. The normalized spacial score (nSPS) is 30.6. The third-order valence-electron chi connectivity index (χ3n) is 3.61. The Kier molecular flexibility index (Phi) is 5.08. The molecule has 0 saturated heterocycles. The van der Waals surface area contributed by atoms with Crippen LogP contribution in [-0.4, -0.2) is 48.7 Å². The number of nitrogens with two attached hydrogens (primary N) is 1. The van der Waals surface area contributed by atoms with Crippen molar-refractivity contribution in [2.24, 2.45) is 11.7 Å². The lowest BCUT2D eigenvalue weighted by Crippen LogP contribution is -2.47. The van der Waals surface area contributed by atoms with Gasteiger partial charge in [0.25, 0.3) is 6.43 Å². The second-order valence-electron chi connectivity index (χ2n) is 4.92. The minimum absolute atomic E-state index is 0.00374. The summed E-state index contributed by atoms with van der Waals surface area (Å²) in [7, 11) is 1.69. The van der Waals surface area contributed by atoms with Crippen LogP contribution >= 0.6 is 0 Å². The Hall–Kier alpha value is -0.260. The van der Waals surface area contributed by atoms with Gasteiger partial charge in [0.1, 0.15) is 0 Å². The van der Waals surface area contributed by atoms with E-state index < -0.39 is 12.0 Å². The molecule has 2 atom stereocenters. The summed E-state index contributed by atoms with van der Waals surface area (Å²) in [6, 6.07) is 0. The van der Waals surface area contributed by atoms with E-state index in [1.54, 1.807) is 11.9 Å². The highest BCUT2D eigenvalue weighted by molar-refractivity contribution is 4.96. The van der Waals surface area contributed by atoms with Crippen LogP contribution < -0.4 is 5.73 Å². The lowest BCUT2D eigenvalue weighted by Gasteiger charge is -2.30. The van der Waals surface area contributed by atoms with E-state index in [9.17, 15) is 13.9 Å². The van der Waals surface area contributed by atoms with Gasteiger partial charge in [-0.25, -0.2) is 8.78 Å². The maximum atomic E-state index is 12.1. The summed E-state index contributed by atoms with van der Waals surface area (Å²) < 4.78 is 24.2. The monoisotopic (exact) mass is 236 g/mol. The molecule has 1 rings (SSSR count). The predicted octanol–water partition coefficient (Wildman–Crippen LogP) is 1.06. The fourth-order valence-electron chi connectivity index (χ4n) is 2.51. The van der Waals surface area contributed by atoms with Crippen molar-refractivity contribution in [3.8, 4) is 0 Å². The standard InChI is InChI=1S/C11H22F2N2O/c1-15(7-10(12)13)6-4-9-3-2-5-11(9,14)8-16/h9-10,16H,2-8,14H2,1H3. The zero-order valence-electron chi connectivity index (χ0n) is 9.83. The molecule has 3 nitrogen and oxygen atoms in total. The van der Waals surface area contributed by atoms with Gasteiger partial charge in [-0.3, -0.25) is 0 Å². The molecule has 0 aromatic rings. The fraction of sp³-hybridized carbons (Fsp3) is 1.00. The van der Waals surface area contributed by atoms with Gasteiger partial charge in [-0.05, 0) is 38.8 Å². The third-order valence-corrected chi connectivity index (χ3v) is 3.61. The molecule has 0 aromatic heterocycles. The van der Waals surface area contributed by atoms with E-state index in [1.165, 1.54) is 0 Å². The van der Waals surface area contributed by atoms with Gasteiger partial charge in [0.15, 0.2) is 0 Å². The maximum Gasteiger partial charge on any atom is 0.251 e. The molecule has 0 heterocycles. The van der Waals surface area contributed by atoms with Crippen LogP contribution in [0.4, 0.5) is 8.78 Å². The highest BCUT2D eigenvalue weighted by Crippen LogP contribution is 2.35. The SMILES string of the molecule is CN(CCC1CCCC1(N)CO)CC(F)F. The summed E-state index contributed by atoms with van der Waals surface area (Å²) >= 11 is 0. The molecule has 0 radical (unpaired) electrons. The van der Waals surface area contributed by atoms with Gasteiger partial charge < -0.3 is 15.7 Å². The van der Waals surface area contributed by atoms with Crippen LogP contribution in [0.1, 0.15) is 25.7 Å². The molecule has 2 unspecified atom stereocenters. The van der Waals surface area contributed by atoms with Crippen LogP contribution in [0.15, 0.2) is 0 Å². The van der Waals surface area contributed by atoms with Crippen molar-refractivity contribution in [3.05, 3.63) is 0 Å². The molecule has 96 valence electrons. The minimum Gasteiger partial charge on any atom is -0.394 e. The van der Waals surface area contributed by atoms with Crippen LogP contribution in [-0.2, 0) is 0 Å². The van der Waals surface area contributed by atoms with Crippen molar-refractivity contribution < 1.29 is 13.9 Å². The van der Waals surface area contributed by atoms with E-state index in [0.717, 1.165) is 25.7 Å². The lowest BCUT2D eigenvalue weighted by molar-refractivity contribution is 0.0920. The van der Waals surface area contributed by atoms with Gasteiger partial charge in [-0.2, -0.15) is 0 Å². The molecule has 0 aliphatic heterocycles. The average molecular weight is 236 g/mol. The van der Waals surface area contributed by atoms with Crippen LogP contribution in [0.5, 0.6) is 0 Å². The number of aliphatic hydroxyl groups excluding tert-OH is 1. The van der Waals surface area contributed by atoms with Crippen LogP contribution in [0.25, 0.3) is 0 Å². The van der Waals surface area contributed by atoms with E-state index in [4.69, 9.17) is 5.73 Å². The molecule has 0 amide bonds. The Labute approximate surface area is 95.6 Å². The number of halogens is 2. The molecule has 1 aliphatic rings. The maximum absolute atomic E-state index is 12.1. The molecule has 0 spiro atoms. The predicted molar refractivity (Wildman–Crippen MR) is 59.5 cm³/mol. The zero-order valence-corrected chi connectivity index (χ0v) is 9.83. The van der Waals surface area contributed by atoms with Gasteiger partial charge in [-0.1, -0.05) is 6.42 Å². The first kappa shape index (κ1) is 13.8. The third kappa shape index (κ3) is 3.64. The first-order chi connectivity index (χ1) is 7.48. The first-order valence-electron chi connectivity index (χ1n) is 5.84. The van der Waals surface area contributed by atoms with E-state index in [0.29, 0.717) is 6.54 Å². The Bertz CT molecular complexity index is 216. The van der Waals surface area contributed by atoms with Crippen molar-refractivity contribution >= 4 is 0 Å². The summed E-state index contributed by atoms with van der Waals surface area (Å²) in [5, 5.41) is 9.25. The highest BCUT2D eigenvalue weighted by atomic mass is 19.3. The average Bonchev–Trinajstić information content (AvgIpc) is 2.57. The van der Waals surface area contributed by atoms with Gasteiger partial charge >= 0.3 is 0 Å². The topological polar surface area (TPSA) is 49.5 Å². The number of hydrogen-bond acceptors (Lipinski definition) is 3. The van der Waals surface area contributed by atoms with Crippen molar-refractivity contribution in [3.63, 3.8) is 0 Å². The molecule has 0 aromatic carbocycles. The van der Waals surface area contributed by atoms with E-state index in [2.05, 4.69) is 0 Å². The fourth-order valence-corrected chi connectivity index (χ4v) is 2.51. The summed E-state index contributed by atoms with van der Waals surface area (Å²) in [5.74, 6) is 0.262. The molecule has 5 heteroatoms. The van der Waals surface area contributed by atoms with Gasteiger partial charge in [0.05, 0.1) is 13.2 Å². The Morgan fingerprint density at radius 3 is 2.81 bits per heavy atom. The van der Waals surface area contributed by atoms with E-state index in [-0.39, 0.29) is 19.1 Å². The number of alkyl halides is 2. The van der Waals surface area contributed by atoms with Crippen molar-refractivity contribution in [2.75, 3.05) is 26.7 Å². The molecular formula is C11H22F2N2O. The van der Waals surface area contributed by atoms with Crippen molar-refractivity contribution in [1.29, 1.82) is 0 Å². The van der Waals surface area contributed by atoms with E-state index in [1.807, 2.05) is 0 Å². The summed E-state index contributed by atoms with van der Waals surface area (Å²) in [6.07, 6.45) is 1.38. The van der Waals surface area contributed by atoms with Crippen LogP contribution in [0.3, 0.4) is 0 Å². The van der Waals surface area contributed by atoms with E-state index >= 15 is 0 Å². The quantitative estimate of drug-likeness (QED) is 0.725. The molecule has 1 fully saturated rings. The molecule has 3 N–H and O–H groups in total. The van der Waals surface area contributed by atoms with Crippen molar-refractivity contribution in [1.82, 2.24) is 4.90 Å². The molecule has 1 aliphatic carbocycles. The number of aliphatic hydroxyl groups is 1. The Balaban J connectivity index is 2.32. The minimum atomic E-state index is -2.28. The second kappa shape index (κ2) is 5.89. The Morgan fingerprint density at radius 2 is 2.25 bits per heavy atom. The van der Waals surface area contributed by atoms with Gasteiger partial charge in [0, 0.05) is 5.54 Å². The number of hydrogen-bond donors (Lipinski definition) is 2. The molecule has 16 heavy (non-hydrogen) atoms. The van der Waals surface area contributed by atoms with Gasteiger partial charge in [-0.15, -0.1) is 0 Å². The smallest absolute Gasteiger partial charge is 0.251 e. The lowest BCUT2D eigenvalue weighted by atomic mass is 9.86. The summed E-state index contributed by atoms with van der Waals surface area (Å²) in [4.78, 5) is 1.63. The largest absolute Gasteiger partial charge is 0.394 e. The zero-order chi connectivity index (χ0) is 12.2. The second-order valence-corrected chi connectivity index (χ2v) is 4.92. The molecule has 0 bridgehead atoms. The number of rotatable bonds is 6. The Morgan fingerprint density at radius 1 is 1.56 bits per heavy atom. The summed E-state index contributed by atoms with van der Waals surface area (Å²) in [5.41, 5.74) is 5.59. The van der Waals surface area contributed by atoms with Crippen LogP contribution in [0.2, 0.25) is 0 Å². The van der Waals surface area contributed by atoms with Crippen LogP contribution in [0, 0.1) is 5.92 Å².